The van der Waals surface area contributed by atoms with Gasteiger partial charge in [-0.2, -0.15) is 0 Å². The predicted octanol–water partition coefficient (Wildman–Crippen LogP) is 3.96. The normalized spacial score (nSPS) is 14.3. The lowest BCUT2D eigenvalue weighted by Gasteiger charge is -2.27. The monoisotopic (exact) mass is 469 g/mol. The third kappa shape index (κ3) is 6.60. The van der Waals surface area contributed by atoms with Crippen LogP contribution in [0.1, 0.15) is 11.3 Å². The van der Waals surface area contributed by atoms with Gasteiger partial charge in [-0.25, -0.2) is 0 Å². The van der Waals surface area contributed by atoms with E-state index in [1.165, 1.54) is 16.5 Å². The lowest BCUT2D eigenvalue weighted by atomic mass is 10.1. The molecule has 7 heteroatoms. The van der Waals surface area contributed by atoms with Crippen molar-refractivity contribution < 1.29 is 0 Å². The number of benzene rings is 2. The molecule has 0 radical (unpaired) electrons. The molecule has 5 rings (SSSR count). The highest BCUT2D eigenvalue weighted by molar-refractivity contribution is 5.83. The molecule has 0 amide bonds. The van der Waals surface area contributed by atoms with E-state index in [1.807, 2.05) is 12.3 Å². The third-order valence-corrected chi connectivity index (χ3v) is 6.51. The Hall–Kier alpha value is -3.39. The molecule has 2 aromatic heterocycles. The number of rotatable bonds is 11. The van der Waals surface area contributed by atoms with Crippen molar-refractivity contribution in [3.05, 3.63) is 84.3 Å². The molecule has 1 aliphatic heterocycles. The molecule has 0 spiro atoms. The Morgan fingerprint density at radius 3 is 2.60 bits per heavy atom. The molecule has 0 bridgehead atoms. The number of hydrogen-bond acceptors (Lipinski definition) is 6. The number of piperazine rings is 1. The minimum absolute atomic E-state index is 0.779. The summed E-state index contributed by atoms with van der Waals surface area (Å²) in [7, 11) is 0. The van der Waals surface area contributed by atoms with E-state index in [2.05, 4.69) is 96.9 Å². The molecule has 5 N–H and O–H groups in total. The van der Waals surface area contributed by atoms with Crippen molar-refractivity contribution in [2.75, 3.05) is 56.4 Å². The van der Waals surface area contributed by atoms with E-state index in [-0.39, 0.29) is 0 Å². The Kier molecular flexibility index (Phi) is 7.90. The van der Waals surface area contributed by atoms with Crippen LogP contribution < -0.4 is 21.3 Å². The van der Waals surface area contributed by atoms with Gasteiger partial charge in [0.25, 0.3) is 0 Å². The number of nitrogens with one attached hydrogen (secondary N) is 5. The Morgan fingerprint density at radius 2 is 1.71 bits per heavy atom. The first-order valence-electron chi connectivity index (χ1n) is 12.6. The van der Waals surface area contributed by atoms with E-state index in [4.69, 9.17) is 0 Å². The van der Waals surface area contributed by atoms with Gasteiger partial charge in [0.15, 0.2) is 0 Å². The largest absolute Gasteiger partial charge is 0.385 e. The van der Waals surface area contributed by atoms with Gasteiger partial charge in [-0.3, -0.25) is 9.88 Å². The molecule has 7 nitrogen and oxygen atoms in total. The summed E-state index contributed by atoms with van der Waals surface area (Å²) in [5.41, 5.74) is 6.83. The van der Waals surface area contributed by atoms with Gasteiger partial charge in [-0.05, 0) is 54.4 Å². The highest BCUT2D eigenvalue weighted by Gasteiger charge is 2.08. The van der Waals surface area contributed by atoms with E-state index in [1.54, 1.807) is 0 Å². The molecule has 35 heavy (non-hydrogen) atoms. The topological polar surface area (TPSA) is 80.0 Å². The van der Waals surface area contributed by atoms with Gasteiger partial charge in [-0.1, -0.05) is 18.2 Å². The Bertz CT molecular complexity index is 1200. The summed E-state index contributed by atoms with van der Waals surface area (Å²) >= 11 is 0. The smallest absolute Gasteiger partial charge is 0.0562 e. The van der Waals surface area contributed by atoms with Crippen LogP contribution in [0.3, 0.4) is 0 Å². The van der Waals surface area contributed by atoms with Crippen LogP contribution in [-0.4, -0.2) is 60.7 Å². The number of nitrogens with zero attached hydrogens (tertiary/aromatic N) is 2. The molecule has 1 fully saturated rings. The van der Waals surface area contributed by atoms with Crippen LogP contribution >= 0.6 is 0 Å². The summed E-state index contributed by atoms with van der Waals surface area (Å²) in [6, 6.07) is 21.0. The zero-order valence-electron chi connectivity index (χ0n) is 20.2. The van der Waals surface area contributed by atoms with E-state index in [9.17, 15) is 0 Å². The summed E-state index contributed by atoms with van der Waals surface area (Å²) in [4.78, 5) is 10.4. The highest BCUT2D eigenvalue weighted by atomic mass is 15.2. The van der Waals surface area contributed by atoms with Gasteiger partial charge in [0.05, 0.1) is 5.69 Å². The van der Waals surface area contributed by atoms with Crippen LogP contribution in [0.25, 0.3) is 10.9 Å². The number of pyridine rings is 1. The Labute approximate surface area is 207 Å². The second-order valence-corrected chi connectivity index (χ2v) is 9.04. The van der Waals surface area contributed by atoms with E-state index < -0.39 is 0 Å². The first-order chi connectivity index (χ1) is 17.3. The van der Waals surface area contributed by atoms with Crippen LogP contribution in [-0.2, 0) is 13.0 Å². The van der Waals surface area contributed by atoms with Crippen LogP contribution in [0.2, 0.25) is 0 Å². The lowest BCUT2D eigenvalue weighted by Crippen LogP contribution is -2.45. The molecule has 0 aliphatic carbocycles. The number of aromatic nitrogens is 2. The van der Waals surface area contributed by atoms with Crippen LogP contribution in [0.4, 0.5) is 17.1 Å². The number of para-hydroxylation sites is 1. The van der Waals surface area contributed by atoms with Crippen LogP contribution in [0.5, 0.6) is 0 Å². The van der Waals surface area contributed by atoms with Crippen molar-refractivity contribution >= 4 is 28.0 Å². The minimum Gasteiger partial charge on any atom is -0.385 e. The molecule has 4 aromatic rings. The molecule has 0 unspecified atom stereocenters. The summed E-state index contributed by atoms with van der Waals surface area (Å²) in [6.45, 7) is 8.20. The third-order valence-electron chi connectivity index (χ3n) is 6.51. The molecule has 1 aliphatic rings. The van der Waals surface area contributed by atoms with Gasteiger partial charge in [-0.15, -0.1) is 0 Å². The second kappa shape index (κ2) is 11.8. The fourth-order valence-electron chi connectivity index (χ4n) is 4.56. The van der Waals surface area contributed by atoms with Gasteiger partial charge in [0, 0.05) is 92.7 Å². The fourth-order valence-corrected chi connectivity index (χ4v) is 4.56. The molecular weight excluding hydrogens is 434 g/mol. The van der Waals surface area contributed by atoms with E-state index in [0.717, 1.165) is 81.5 Å². The number of aromatic amines is 1. The van der Waals surface area contributed by atoms with Crippen molar-refractivity contribution in [3.8, 4) is 0 Å². The molecule has 0 saturated carbocycles. The zero-order valence-corrected chi connectivity index (χ0v) is 20.2. The zero-order chi connectivity index (χ0) is 23.7. The lowest BCUT2D eigenvalue weighted by molar-refractivity contribution is 0.241. The Balaban J connectivity index is 1.06. The van der Waals surface area contributed by atoms with E-state index >= 15 is 0 Å². The van der Waals surface area contributed by atoms with Gasteiger partial charge >= 0.3 is 0 Å². The fraction of sp³-hybridized carbons (Fsp3) is 0.321. The van der Waals surface area contributed by atoms with Gasteiger partial charge < -0.3 is 26.3 Å². The number of H-pyrrole nitrogens is 1. The maximum absolute atomic E-state index is 4.51. The molecule has 0 atom stereocenters. The SMILES string of the molecule is c1ccc2c(CCNc3ccc(Nc4ccnc(CNCCN5CCNCC5)c4)cc3)c[nH]c2c1. The summed E-state index contributed by atoms with van der Waals surface area (Å²) in [5, 5.41) is 15.3. The number of anilines is 3. The maximum atomic E-state index is 4.51. The summed E-state index contributed by atoms with van der Waals surface area (Å²) in [6.07, 6.45) is 4.97. The molecular formula is C28H35N7. The van der Waals surface area contributed by atoms with Crippen molar-refractivity contribution in [3.63, 3.8) is 0 Å². The second-order valence-electron chi connectivity index (χ2n) is 9.04. The first-order valence-corrected chi connectivity index (χ1v) is 12.6. The molecule has 182 valence electrons. The Morgan fingerprint density at radius 1 is 0.886 bits per heavy atom. The number of fused-ring (bicyclic) bond motifs is 1. The van der Waals surface area contributed by atoms with Crippen molar-refractivity contribution in [1.82, 2.24) is 25.5 Å². The van der Waals surface area contributed by atoms with E-state index in [0.29, 0.717) is 0 Å². The summed E-state index contributed by atoms with van der Waals surface area (Å²) < 4.78 is 0. The quantitative estimate of drug-likeness (QED) is 0.214. The maximum Gasteiger partial charge on any atom is 0.0562 e. The minimum atomic E-state index is 0.779. The van der Waals surface area contributed by atoms with Crippen LogP contribution in [0, 0.1) is 0 Å². The van der Waals surface area contributed by atoms with Crippen molar-refractivity contribution in [1.29, 1.82) is 0 Å². The highest BCUT2D eigenvalue weighted by Crippen LogP contribution is 2.21. The average Bonchev–Trinajstić information content (AvgIpc) is 3.32. The average molecular weight is 470 g/mol. The molecule has 3 heterocycles. The van der Waals surface area contributed by atoms with Crippen molar-refractivity contribution in [2.45, 2.75) is 13.0 Å². The molecule has 1 saturated heterocycles. The number of hydrogen-bond donors (Lipinski definition) is 5. The van der Waals surface area contributed by atoms with Gasteiger partial charge in [0.2, 0.25) is 0 Å². The molecule has 2 aromatic carbocycles. The van der Waals surface area contributed by atoms with Crippen LogP contribution in [0.15, 0.2) is 73.1 Å². The predicted molar refractivity (Wildman–Crippen MR) is 145 cm³/mol. The van der Waals surface area contributed by atoms with Gasteiger partial charge in [0.1, 0.15) is 0 Å². The summed E-state index contributed by atoms with van der Waals surface area (Å²) in [5.74, 6) is 0. The first kappa shape index (κ1) is 23.4. The standard InChI is InChI=1S/C28H35N7/c1-2-4-28-27(3-1)22(20-33-28)9-11-31-23-5-7-24(8-6-23)34-25-10-12-32-26(19-25)21-30-15-18-35-16-13-29-14-17-35/h1-8,10,12,19-20,29-31,33H,9,11,13-18,21H2,(H,32,34). The van der Waals surface area contributed by atoms with Crippen molar-refractivity contribution in [2.24, 2.45) is 0 Å².